The van der Waals surface area contributed by atoms with Crippen LogP contribution in [-0.2, 0) is 0 Å². The van der Waals surface area contributed by atoms with Gasteiger partial charge in [0.1, 0.15) is 11.3 Å². The van der Waals surface area contributed by atoms with Gasteiger partial charge in [0.25, 0.3) is 5.91 Å². The lowest BCUT2D eigenvalue weighted by Gasteiger charge is -2.26. The topological polar surface area (TPSA) is 62.1 Å². The number of carbonyl (C=O) groups excluding carboxylic acids is 1. The van der Waals surface area contributed by atoms with Gasteiger partial charge in [-0.25, -0.2) is 0 Å². The van der Waals surface area contributed by atoms with Crippen LogP contribution in [0, 0.1) is 11.3 Å². The lowest BCUT2D eigenvalue weighted by atomic mass is 9.91. The Morgan fingerprint density at radius 2 is 1.80 bits per heavy atom. The van der Waals surface area contributed by atoms with Crippen LogP contribution in [0.5, 0.6) is 5.75 Å². The third-order valence-electron chi connectivity index (χ3n) is 3.88. The normalized spacial score (nSPS) is 17.6. The average molecular weight is 272 g/mol. The highest BCUT2D eigenvalue weighted by Gasteiger charge is 2.32. The number of hydrogen-bond acceptors (Lipinski definition) is 3. The summed E-state index contributed by atoms with van der Waals surface area (Å²) in [5.41, 5.74) is -0.141. The highest BCUT2D eigenvalue weighted by atomic mass is 16.5. The molecule has 0 saturated heterocycles. The first-order valence-electron chi connectivity index (χ1n) is 7.07. The molecule has 1 aromatic carbocycles. The molecule has 4 nitrogen and oxygen atoms in total. The van der Waals surface area contributed by atoms with Crippen LogP contribution in [0.4, 0.5) is 0 Å². The Kier molecular flexibility index (Phi) is 4.62. The van der Waals surface area contributed by atoms with Crippen LogP contribution in [0.25, 0.3) is 0 Å². The van der Waals surface area contributed by atoms with Crippen molar-refractivity contribution in [2.45, 2.75) is 44.1 Å². The summed E-state index contributed by atoms with van der Waals surface area (Å²) < 4.78 is 5.07. The first-order chi connectivity index (χ1) is 9.69. The number of hydrogen-bond donors (Lipinski definition) is 1. The van der Waals surface area contributed by atoms with Crippen LogP contribution in [0.15, 0.2) is 24.3 Å². The molecule has 1 aliphatic carbocycles. The van der Waals surface area contributed by atoms with Crippen LogP contribution < -0.4 is 10.1 Å². The Hall–Kier alpha value is -2.02. The lowest BCUT2D eigenvalue weighted by Crippen LogP contribution is -2.47. The lowest BCUT2D eigenvalue weighted by molar-refractivity contribution is 0.0913. The predicted octanol–water partition coefficient (Wildman–Crippen LogP) is 3.04. The van der Waals surface area contributed by atoms with E-state index in [2.05, 4.69) is 11.4 Å². The largest absolute Gasteiger partial charge is 0.497 e. The summed E-state index contributed by atoms with van der Waals surface area (Å²) in [6.07, 6.45) is 5.76. The van der Waals surface area contributed by atoms with E-state index in [1.807, 2.05) is 0 Å². The molecule has 0 unspecified atom stereocenters. The standard InChI is InChI=1S/C16H20N2O2/c1-20-14-8-6-13(7-9-14)15(19)18-16(12-17)10-4-2-3-5-11-16/h6-9H,2-5,10-11H2,1H3,(H,18,19). The maximum Gasteiger partial charge on any atom is 0.252 e. The number of ether oxygens (including phenoxy) is 1. The summed E-state index contributed by atoms with van der Waals surface area (Å²) in [5.74, 6) is 0.530. The number of nitrogens with one attached hydrogen (secondary N) is 1. The summed E-state index contributed by atoms with van der Waals surface area (Å²) in [5, 5.41) is 12.4. The number of carbonyl (C=O) groups is 1. The summed E-state index contributed by atoms with van der Waals surface area (Å²) in [4.78, 5) is 12.3. The third kappa shape index (κ3) is 3.30. The minimum absolute atomic E-state index is 0.184. The average Bonchev–Trinajstić information content (AvgIpc) is 2.73. The van der Waals surface area contributed by atoms with Crippen molar-refractivity contribution in [2.24, 2.45) is 0 Å². The number of benzene rings is 1. The van der Waals surface area contributed by atoms with Gasteiger partial charge in [-0.15, -0.1) is 0 Å². The molecular formula is C16H20N2O2. The number of rotatable bonds is 3. The summed E-state index contributed by atoms with van der Waals surface area (Å²) in [6.45, 7) is 0. The molecule has 20 heavy (non-hydrogen) atoms. The molecule has 0 spiro atoms. The van der Waals surface area contributed by atoms with Gasteiger partial charge in [-0.3, -0.25) is 4.79 Å². The number of nitriles is 1. The molecule has 106 valence electrons. The molecule has 0 aromatic heterocycles. The third-order valence-corrected chi connectivity index (χ3v) is 3.88. The van der Waals surface area contributed by atoms with E-state index in [4.69, 9.17) is 4.74 Å². The van der Waals surface area contributed by atoms with Crippen molar-refractivity contribution in [3.63, 3.8) is 0 Å². The minimum atomic E-state index is -0.701. The molecule has 1 fully saturated rings. The van der Waals surface area contributed by atoms with Gasteiger partial charge in [0.05, 0.1) is 13.2 Å². The van der Waals surface area contributed by atoms with Crippen molar-refractivity contribution in [3.05, 3.63) is 29.8 Å². The fourth-order valence-electron chi connectivity index (χ4n) is 2.63. The van der Waals surface area contributed by atoms with Gasteiger partial charge in [-0.05, 0) is 37.1 Å². The van der Waals surface area contributed by atoms with Crippen LogP contribution in [0.2, 0.25) is 0 Å². The van der Waals surface area contributed by atoms with Gasteiger partial charge >= 0.3 is 0 Å². The zero-order valence-electron chi connectivity index (χ0n) is 11.8. The highest BCUT2D eigenvalue weighted by Crippen LogP contribution is 2.27. The monoisotopic (exact) mass is 272 g/mol. The van der Waals surface area contributed by atoms with E-state index in [-0.39, 0.29) is 5.91 Å². The van der Waals surface area contributed by atoms with Gasteiger partial charge in [-0.2, -0.15) is 5.26 Å². The molecule has 0 radical (unpaired) electrons. The van der Waals surface area contributed by atoms with Crippen LogP contribution >= 0.6 is 0 Å². The Morgan fingerprint density at radius 3 is 2.30 bits per heavy atom. The molecule has 2 rings (SSSR count). The molecule has 1 aromatic rings. The van der Waals surface area contributed by atoms with Crippen molar-refractivity contribution >= 4 is 5.91 Å². The van der Waals surface area contributed by atoms with Crippen LogP contribution in [-0.4, -0.2) is 18.6 Å². The molecule has 0 heterocycles. The Morgan fingerprint density at radius 1 is 1.20 bits per heavy atom. The maximum atomic E-state index is 12.3. The SMILES string of the molecule is COc1ccc(C(=O)NC2(C#N)CCCCCC2)cc1. The second-order valence-corrected chi connectivity index (χ2v) is 5.29. The summed E-state index contributed by atoms with van der Waals surface area (Å²) in [7, 11) is 1.59. The number of nitrogens with zero attached hydrogens (tertiary/aromatic N) is 1. The fraction of sp³-hybridized carbons (Fsp3) is 0.500. The molecule has 1 N–H and O–H groups in total. The summed E-state index contributed by atoms with van der Waals surface area (Å²) in [6, 6.07) is 9.26. The van der Waals surface area contributed by atoms with Gasteiger partial charge in [0.2, 0.25) is 0 Å². The van der Waals surface area contributed by atoms with E-state index in [0.29, 0.717) is 11.3 Å². The van der Waals surface area contributed by atoms with Gasteiger partial charge in [0, 0.05) is 5.56 Å². The zero-order valence-corrected chi connectivity index (χ0v) is 11.8. The zero-order chi connectivity index (χ0) is 14.4. The first-order valence-corrected chi connectivity index (χ1v) is 7.07. The highest BCUT2D eigenvalue weighted by molar-refractivity contribution is 5.95. The van der Waals surface area contributed by atoms with Crippen LogP contribution in [0.1, 0.15) is 48.9 Å². The minimum Gasteiger partial charge on any atom is -0.497 e. The van der Waals surface area contributed by atoms with Gasteiger partial charge < -0.3 is 10.1 Å². The van der Waals surface area contributed by atoms with E-state index in [1.165, 1.54) is 0 Å². The van der Waals surface area contributed by atoms with E-state index >= 15 is 0 Å². The number of methoxy groups -OCH3 is 1. The molecule has 0 atom stereocenters. The Labute approximate surface area is 119 Å². The molecular weight excluding hydrogens is 252 g/mol. The fourth-order valence-corrected chi connectivity index (χ4v) is 2.63. The summed E-state index contributed by atoms with van der Waals surface area (Å²) >= 11 is 0. The van der Waals surface area contributed by atoms with E-state index in [0.717, 1.165) is 38.5 Å². The maximum absolute atomic E-state index is 12.3. The van der Waals surface area contributed by atoms with Crippen molar-refractivity contribution < 1.29 is 9.53 Å². The second kappa shape index (κ2) is 6.42. The quantitative estimate of drug-likeness (QED) is 0.860. The Bertz CT molecular complexity index is 494. The molecule has 1 amide bonds. The van der Waals surface area contributed by atoms with Crippen molar-refractivity contribution in [2.75, 3.05) is 7.11 Å². The number of amides is 1. The van der Waals surface area contributed by atoms with Crippen LogP contribution in [0.3, 0.4) is 0 Å². The van der Waals surface area contributed by atoms with E-state index in [1.54, 1.807) is 31.4 Å². The van der Waals surface area contributed by atoms with Gasteiger partial charge in [-0.1, -0.05) is 25.7 Å². The van der Waals surface area contributed by atoms with Crippen molar-refractivity contribution in [1.82, 2.24) is 5.32 Å². The molecule has 0 aliphatic heterocycles. The first kappa shape index (κ1) is 14.4. The molecule has 1 aliphatic rings. The molecule has 0 bridgehead atoms. The predicted molar refractivity (Wildman–Crippen MR) is 76.5 cm³/mol. The van der Waals surface area contributed by atoms with Gasteiger partial charge in [0.15, 0.2) is 0 Å². The van der Waals surface area contributed by atoms with Crippen molar-refractivity contribution in [3.8, 4) is 11.8 Å². The second-order valence-electron chi connectivity index (χ2n) is 5.29. The van der Waals surface area contributed by atoms with E-state index in [9.17, 15) is 10.1 Å². The van der Waals surface area contributed by atoms with E-state index < -0.39 is 5.54 Å². The smallest absolute Gasteiger partial charge is 0.252 e. The Balaban J connectivity index is 2.10. The molecule has 4 heteroatoms. The van der Waals surface area contributed by atoms with Crippen molar-refractivity contribution in [1.29, 1.82) is 5.26 Å². The molecule has 1 saturated carbocycles.